The van der Waals surface area contributed by atoms with Crippen LogP contribution < -0.4 is 4.90 Å². The summed E-state index contributed by atoms with van der Waals surface area (Å²) >= 11 is 1.88. The molecule has 11 aromatic rings. The zero-order chi connectivity index (χ0) is 34.9. The smallest absolute Gasteiger partial charge is 0.159 e. The Kier molecular flexibility index (Phi) is 6.76. The first-order valence-electron chi connectivity index (χ1n) is 18.0. The molecule has 0 aliphatic heterocycles. The van der Waals surface area contributed by atoms with Gasteiger partial charge in [-0.15, -0.1) is 11.3 Å². The Labute approximate surface area is 310 Å². The first kappa shape index (κ1) is 30.0. The largest absolute Gasteiger partial charge is 0.453 e. The zero-order valence-electron chi connectivity index (χ0n) is 28.7. The number of fused-ring (bicyclic) bond motifs is 8. The summed E-state index contributed by atoms with van der Waals surface area (Å²) in [7, 11) is 0. The van der Waals surface area contributed by atoms with Gasteiger partial charge in [0, 0.05) is 47.6 Å². The summed E-state index contributed by atoms with van der Waals surface area (Å²) in [5.41, 5.74) is 9.69. The van der Waals surface area contributed by atoms with Crippen molar-refractivity contribution in [2.45, 2.75) is 0 Å². The highest BCUT2D eigenvalue weighted by molar-refractivity contribution is 7.26. The molecule has 2 heterocycles. The van der Waals surface area contributed by atoms with Crippen molar-refractivity contribution in [2.75, 3.05) is 4.90 Å². The molecule has 0 amide bonds. The van der Waals surface area contributed by atoms with Crippen LogP contribution in [0, 0.1) is 0 Å². The minimum Gasteiger partial charge on any atom is -0.453 e. The first-order valence-corrected chi connectivity index (χ1v) is 18.8. The van der Waals surface area contributed by atoms with Crippen LogP contribution in [0.2, 0.25) is 0 Å². The molecule has 0 aliphatic carbocycles. The molecule has 0 spiro atoms. The van der Waals surface area contributed by atoms with E-state index in [1.807, 2.05) is 11.3 Å². The van der Waals surface area contributed by atoms with E-state index in [4.69, 9.17) is 4.42 Å². The van der Waals surface area contributed by atoms with Gasteiger partial charge >= 0.3 is 0 Å². The molecule has 0 saturated carbocycles. The molecule has 0 N–H and O–H groups in total. The van der Waals surface area contributed by atoms with Crippen molar-refractivity contribution >= 4 is 92.1 Å². The Morgan fingerprint density at radius 1 is 0.377 bits per heavy atom. The fourth-order valence-corrected chi connectivity index (χ4v) is 9.39. The Balaban J connectivity index is 1.11. The second-order valence-electron chi connectivity index (χ2n) is 13.7. The number of benzene rings is 9. The molecular formula is C50H31NOS. The Hall–Kier alpha value is -6.68. The van der Waals surface area contributed by atoms with Crippen LogP contribution in [0.1, 0.15) is 0 Å². The maximum atomic E-state index is 6.97. The van der Waals surface area contributed by atoms with E-state index < -0.39 is 0 Å². The lowest BCUT2D eigenvalue weighted by Gasteiger charge is -2.27. The fourth-order valence-electron chi connectivity index (χ4n) is 8.15. The fraction of sp³-hybridized carbons (Fsp3) is 0. The summed E-state index contributed by atoms with van der Waals surface area (Å²) in [5.74, 6) is 0. The van der Waals surface area contributed by atoms with E-state index in [1.54, 1.807) is 0 Å². The lowest BCUT2D eigenvalue weighted by Crippen LogP contribution is -2.10. The van der Waals surface area contributed by atoms with Gasteiger partial charge in [-0.05, 0) is 69.2 Å². The van der Waals surface area contributed by atoms with Gasteiger partial charge < -0.3 is 9.32 Å². The predicted molar refractivity (Wildman–Crippen MR) is 227 cm³/mol. The zero-order valence-corrected chi connectivity index (χ0v) is 29.5. The van der Waals surface area contributed by atoms with Crippen LogP contribution >= 0.6 is 11.3 Å². The van der Waals surface area contributed by atoms with Crippen molar-refractivity contribution in [1.29, 1.82) is 0 Å². The number of nitrogens with zero attached hydrogens (tertiary/aromatic N) is 1. The molecule has 0 unspecified atom stereocenters. The van der Waals surface area contributed by atoms with Gasteiger partial charge in [0.15, 0.2) is 5.58 Å². The summed E-state index contributed by atoms with van der Waals surface area (Å²) in [6, 6.07) is 67.8. The van der Waals surface area contributed by atoms with Gasteiger partial charge in [-0.2, -0.15) is 0 Å². The van der Waals surface area contributed by atoms with Crippen molar-refractivity contribution in [3.8, 4) is 22.3 Å². The number of anilines is 3. The average molecular weight is 694 g/mol. The maximum Gasteiger partial charge on any atom is 0.159 e. The molecule has 0 atom stereocenters. The van der Waals surface area contributed by atoms with E-state index in [0.717, 1.165) is 50.1 Å². The molecule has 11 rings (SSSR count). The Bertz CT molecular complexity index is 3180. The maximum absolute atomic E-state index is 6.97. The number of para-hydroxylation sites is 2. The second kappa shape index (κ2) is 11.9. The third-order valence-corrected chi connectivity index (χ3v) is 11.9. The van der Waals surface area contributed by atoms with Crippen LogP contribution in [-0.2, 0) is 0 Å². The van der Waals surface area contributed by atoms with Gasteiger partial charge in [-0.1, -0.05) is 152 Å². The van der Waals surface area contributed by atoms with Crippen molar-refractivity contribution in [3.05, 3.63) is 188 Å². The van der Waals surface area contributed by atoms with Crippen LogP contribution in [0.15, 0.2) is 192 Å². The van der Waals surface area contributed by atoms with Gasteiger partial charge in [0.2, 0.25) is 0 Å². The average Bonchev–Trinajstić information content (AvgIpc) is 3.80. The summed E-state index contributed by atoms with van der Waals surface area (Å²) in [6.45, 7) is 0. The van der Waals surface area contributed by atoms with Crippen LogP contribution in [0.5, 0.6) is 0 Å². The van der Waals surface area contributed by atoms with Crippen LogP contribution in [0.4, 0.5) is 17.1 Å². The van der Waals surface area contributed by atoms with Crippen LogP contribution in [0.3, 0.4) is 0 Å². The predicted octanol–water partition coefficient (Wildman–Crippen LogP) is 15.1. The van der Waals surface area contributed by atoms with Gasteiger partial charge in [0.25, 0.3) is 0 Å². The SMILES string of the molecule is c1ccc(-c2cccc3c2oc2c(N(c4ccc5cc(-c6cccc7c6sc6ccccc67)ccc5c4)c4cccc5ccccc45)cccc23)cc1. The molecule has 248 valence electrons. The highest BCUT2D eigenvalue weighted by atomic mass is 32.1. The van der Waals surface area contributed by atoms with E-state index in [1.165, 1.54) is 52.8 Å². The second-order valence-corrected chi connectivity index (χ2v) is 14.7. The van der Waals surface area contributed by atoms with Crippen molar-refractivity contribution in [2.24, 2.45) is 0 Å². The van der Waals surface area contributed by atoms with Crippen molar-refractivity contribution in [1.82, 2.24) is 0 Å². The van der Waals surface area contributed by atoms with Crippen molar-refractivity contribution < 1.29 is 4.42 Å². The molecule has 0 radical (unpaired) electrons. The van der Waals surface area contributed by atoms with Crippen LogP contribution in [0.25, 0.3) is 85.9 Å². The van der Waals surface area contributed by atoms with Gasteiger partial charge in [-0.3, -0.25) is 0 Å². The van der Waals surface area contributed by atoms with E-state index in [-0.39, 0.29) is 0 Å². The molecule has 9 aromatic carbocycles. The summed E-state index contributed by atoms with van der Waals surface area (Å²) < 4.78 is 9.63. The third-order valence-electron chi connectivity index (χ3n) is 10.6. The molecule has 0 saturated heterocycles. The normalized spacial score (nSPS) is 11.8. The minimum absolute atomic E-state index is 0.866. The van der Waals surface area contributed by atoms with Gasteiger partial charge in [-0.25, -0.2) is 0 Å². The number of furan rings is 1. The Morgan fingerprint density at radius 3 is 1.92 bits per heavy atom. The Morgan fingerprint density at radius 2 is 1.02 bits per heavy atom. The molecule has 0 aliphatic rings. The molecular weight excluding hydrogens is 663 g/mol. The van der Waals surface area contributed by atoms with Crippen LogP contribution in [-0.4, -0.2) is 0 Å². The van der Waals surface area contributed by atoms with E-state index >= 15 is 0 Å². The van der Waals surface area contributed by atoms with Crippen molar-refractivity contribution in [3.63, 3.8) is 0 Å². The van der Waals surface area contributed by atoms with E-state index in [9.17, 15) is 0 Å². The van der Waals surface area contributed by atoms with E-state index in [0.29, 0.717) is 0 Å². The summed E-state index contributed by atoms with van der Waals surface area (Å²) in [5, 5.41) is 9.62. The highest BCUT2D eigenvalue weighted by Crippen LogP contribution is 2.46. The third kappa shape index (κ3) is 4.78. The van der Waals surface area contributed by atoms with E-state index in [2.05, 4.69) is 193 Å². The number of hydrogen-bond acceptors (Lipinski definition) is 3. The molecule has 0 fully saturated rings. The number of hydrogen-bond donors (Lipinski definition) is 0. The first-order chi connectivity index (χ1) is 26.3. The quantitative estimate of drug-likeness (QED) is 0.178. The topological polar surface area (TPSA) is 16.4 Å². The molecule has 2 aromatic heterocycles. The standard InChI is InChI=1S/C50H31NOS/c1-2-12-33(13-3-1)39-18-9-20-42-43-21-11-24-46(49(43)52-48(39)42)51(45-23-8-15-32-14-4-5-16-38(32)45)37-29-28-34-30-36(27-26-35(34)31-37)40-19-10-22-44-41-17-6-7-25-47(41)53-50(40)44/h1-31H. The number of rotatable bonds is 5. The monoisotopic (exact) mass is 693 g/mol. The summed E-state index contributed by atoms with van der Waals surface area (Å²) in [4.78, 5) is 2.38. The lowest BCUT2D eigenvalue weighted by atomic mass is 9.99. The minimum atomic E-state index is 0.866. The molecule has 0 bridgehead atoms. The highest BCUT2D eigenvalue weighted by Gasteiger charge is 2.22. The van der Waals surface area contributed by atoms with Gasteiger partial charge in [0.1, 0.15) is 5.58 Å². The molecule has 3 heteroatoms. The molecule has 53 heavy (non-hydrogen) atoms. The number of thiophene rings is 1. The lowest BCUT2D eigenvalue weighted by molar-refractivity contribution is 0.670. The van der Waals surface area contributed by atoms with Gasteiger partial charge in [0.05, 0.1) is 11.4 Å². The molecule has 2 nitrogen and oxygen atoms in total. The summed E-state index contributed by atoms with van der Waals surface area (Å²) in [6.07, 6.45) is 0.